The van der Waals surface area contributed by atoms with Crippen molar-refractivity contribution in [2.45, 2.75) is 6.85 Å². The molecule has 0 N–H and O–H groups in total. The summed E-state index contributed by atoms with van der Waals surface area (Å²) in [6.45, 7) is -2.23. The molecule has 0 aliphatic carbocycles. The fourth-order valence-corrected chi connectivity index (χ4v) is 5.13. The number of para-hydroxylation sites is 2. The Morgan fingerprint density at radius 3 is 2.15 bits per heavy atom. The fourth-order valence-electron chi connectivity index (χ4n) is 5.13. The number of fused-ring (bicyclic) bond motifs is 4. The van der Waals surface area contributed by atoms with E-state index in [-0.39, 0.29) is 32.4 Å². The maximum Gasteiger partial charge on any atom is 0.239 e. The zero-order chi connectivity index (χ0) is 29.4. The van der Waals surface area contributed by atoms with Crippen LogP contribution in [0.4, 0.5) is 0 Å². The third-order valence-electron chi connectivity index (χ3n) is 6.93. The summed E-state index contributed by atoms with van der Waals surface area (Å²) < 4.78 is 35.3. The van der Waals surface area contributed by atoms with Gasteiger partial charge in [0, 0.05) is 48.1 Å². The van der Waals surface area contributed by atoms with Gasteiger partial charge in [-0.25, -0.2) is 0 Å². The summed E-state index contributed by atoms with van der Waals surface area (Å²) in [5.74, 6) is 2.95. The Kier molecular flexibility index (Phi) is 6.54. The van der Waals surface area contributed by atoms with Crippen LogP contribution in [0.15, 0.2) is 122 Å². The predicted molar refractivity (Wildman–Crippen MR) is 159 cm³/mol. The van der Waals surface area contributed by atoms with E-state index in [2.05, 4.69) is 34.2 Å². The van der Waals surface area contributed by atoms with Crippen LogP contribution in [0.3, 0.4) is 0 Å². The van der Waals surface area contributed by atoms with Gasteiger partial charge in [0.1, 0.15) is 11.5 Å². The molecule has 0 fully saturated rings. The van der Waals surface area contributed by atoms with E-state index in [4.69, 9.17) is 13.6 Å². The first kappa shape index (κ1) is 23.2. The number of aromatic nitrogens is 2. The van der Waals surface area contributed by atoms with Crippen LogP contribution < -0.4 is 25.9 Å². The van der Waals surface area contributed by atoms with Gasteiger partial charge in [0.25, 0.3) is 0 Å². The Bertz CT molecular complexity index is 1870. The largest absolute Gasteiger partial charge is 0.503 e. The molecule has 6 heteroatoms. The summed E-state index contributed by atoms with van der Waals surface area (Å²) in [5, 5.41) is 0. The van der Waals surface area contributed by atoms with Crippen molar-refractivity contribution in [2.75, 3.05) is 0 Å². The molecular formula is C35H23BIrN2O2-2. The first-order chi connectivity index (χ1) is 21.0. The Labute approximate surface area is 257 Å². The van der Waals surface area contributed by atoms with E-state index in [0.717, 1.165) is 39.1 Å². The Morgan fingerprint density at radius 1 is 0.707 bits per heavy atom. The maximum atomic E-state index is 7.58. The van der Waals surface area contributed by atoms with Gasteiger partial charge in [-0.1, -0.05) is 71.7 Å². The van der Waals surface area contributed by atoms with E-state index in [1.165, 1.54) is 6.20 Å². The molecule has 0 spiro atoms. The maximum absolute atomic E-state index is 7.58. The average molecular weight is 710 g/mol. The van der Waals surface area contributed by atoms with Gasteiger partial charge in [0.2, 0.25) is 6.71 Å². The third-order valence-corrected chi connectivity index (χ3v) is 6.93. The number of pyridine rings is 2. The topological polar surface area (TPSA) is 44.2 Å². The van der Waals surface area contributed by atoms with Gasteiger partial charge in [0.05, 0.1) is 0 Å². The SMILES string of the molecule is [2H]C([2H])([2H])c1ccc(-c2[c-]cc3c4c2Oc2ccccc2B4c2ccccc2O3)nc1.[Ir].[c-]1ccccc1-c1ccccn1. The van der Waals surface area contributed by atoms with Crippen LogP contribution in [0, 0.1) is 19.0 Å². The summed E-state index contributed by atoms with van der Waals surface area (Å²) in [7, 11) is 0. The zero-order valence-electron chi connectivity index (χ0n) is 24.7. The van der Waals surface area contributed by atoms with Crippen LogP contribution in [0.25, 0.3) is 22.5 Å². The first-order valence-corrected chi connectivity index (χ1v) is 12.9. The van der Waals surface area contributed by atoms with Crippen molar-refractivity contribution in [3.8, 4) is 45.5 Å². The predicted octanol–water partition coefficient (Wildman–Crippen LogP) is 6.13. The third kappa shape index (κ3) is 5.08. The minimum Gasteiger partial charge on any atom is -0.503 e. The molecule has 1 radical (unpaired) electrons. The van der Waals surface area contributed by atoms with E-state index < -0.39 is 6.85 Å². The quantitative estimate of drug-likeness (QED) is 0.160. The summed E-state index contributed by atoms with van der Waals surface area (Å²) >= 11 is 0. The Morgan fingerprint density at radius 2 is 1.46 bits per heavy atom. The second-order valence-corrected chi connectivity index (χ2v) is 9.41. The first-order valence-electron chi connectivity index (χ1n) is 14.4. The molecule has 4 nitrogen and oxygen atoms in total. The van der Waals surface area contributed by atoms with Crippen LogP contribution >= 0.6 is 0 Å². The van der Waals surface area contributed by atoms with Crippen LogP contribution in [-0.4, -0.2) is 16.7 Å². The molecule has 0 saturated carbocycles. The molecule has 2 aromatic heterocycles. The van der Waals surface area contributed by atoms with Crippen molar-refractivity contribution in [1.29, 1.82) is 0 Å². The zero-order valence-corrected chi connectivity index (χ0v) is 24.1. The monoisotopic (exact) mass is 710 g/mol. The second kappa shape index (κ2) is 11.5. The number of benzene rings is 4. The molecule has 0 amide bonds. The Balaban J connectivity index is 0.000000222. The van der Waals surface area contributed by atoms with E-state index >= 15 is 0 Å². The van der Waals surface area contributed by atoms with Gasteiger partial charge in [-0.15, -0.1) is 48.0 Å². The summed E-state index contributed by atoms with van der Waals surface area (Å²) in [6.07, 6.45) is 3.18. The number of nitrogens with zero attached hydrogens (tertiary/aromatic N) is 2. The van der Waals surface area contributed by atoms with Gasteiger partial charge in [-0.3, -0.25) is 0 Å². The van der Waals surface area contributed by atoms with Crippen LogP contribution in [0.1, 0.15) is 9.68 Å². The van der Waals surface area contributed by atoms with Crippen molar-refractivity contribution < 1.29 is 33.7 Å². The molecule has 0 saturated heterocycles. The molecular weight excluding hydrogens is 683 g/mol. The van der Waals surface area contributed by atoms with Crippen molar-refractivity contribution >= 4 is 23.1 Å². The fraction of sp³-hybridized carbons (Fsp3) is 0.0286. The molecule has 2 aliphatic rings. The summed E-state index contributed by atoms with van der Waals surface area (Å²) in [5.41, 5.74) is 6.58. The number of ether oxygens (including phenoxy) is 2. The summed E-state index contributed by atoms with van der Waals surface area (Å²) in [4.78, 5) is 8.63. The van der Waals surface area contributed by atoms with Crippen molar-refractivity contribution in [3.63, 3.8) is 0 Å². The summed E-state index contributed by atoms with van der Waals surface area (Å²) in [6, 6.07) is 41.2. The molecule has 41 heavy (non-hydrogen) atoms. The molecule has 4 aromatic carbocycles. The standard InChI is InChI=1S/C24H15BNO2.C11H8N.Ir/c1-15-10-12-19(26-14-15)16-11-13-22-23-24(16)28-21-9-5-3-7-18(21)25(23)17-6-2-4-8-20(17)27-22;1-2-6-10(7-3-1)11-8-4-5-9-12-11;/h2-10,12-14H,1H3;1-6,8-9H;/q2*-1;/i1D3;;. The molecule has 0 unspecified atom stereocenters. The van der Waals surface area contributed by atoms with E-state index in [9.17, 15) is 0 Å². The van der Waals surface area contributed by atoms with Crippen LogP contribution in [0.5, 0.6) is 23.0 Å². The van der Waals surface area contributed by atoms with Gasteiger partial charge in [0.15, 0.2) is 0 Å². The van der Waals surface area contributed by atoms with Crippen molar-refractivity contribution in [2.24, 2.45) is 0 Å². The van der Waals surface area contributed by atoms with Crippen LogP contribution in [0.2, 0.25) is 0 Å². The number of aryl methyl sites for hydroxylation is 1. The second-order valence-electron chi connectivity index (χ2n) is 9.41. The van der Waals surface area contributed by atoms with Crippen molar-refractivity contribution in [1.82, 2.24) is 9.97 Å². The minimum absolute atomic E-state index is 0. The molecule has 6 aromatic rings. The van der Waals surface area contributed by atoms with E-state index in [0.29, 0.717) is 22.8 Å². The molecule has 2 aliphatic heterocycles. The number of hydrogen-bond acceptors (Lipinski definition) is 4. The van der Waals surface area contributed by atoms with Gasteiger partial charge in [-0.2, -0.15) is 0 Å². The van der Waals surface area contributed by atoms with Crippen LogP contribution in [-0.2, 0) is 20.1 Å². The van der Waals surface area contributed by atoms with Crippen molar-refractivity contribution in [3.05, 3.63) is 139 Å². The van der Waals surface area contributed by atoms with Gasteiger partial charge >= 0.3 is 0 Å². The van der Waals surface area contributed by atoms with Gasteiger partial charge < -0.3 is 19.4 Å². The normalized spacial score (nSPS) is 13.1. The van der Waals surface area contributed by atoms with Gasteiger partial charge in [-0.05, 0) is 52.9 Å². The molecule has 0 bridgehead atoms. The van der Waals surface area contributed by atoms with E-state index in [1.54, 1.807) is 18.3 Å². The molecule has 199 valence electrons. The molecule has 4 heterocycles. The molecule has 8 rings (SSSR count). The number of rotatable bonds is 2. The average Bonchev–Trinajstić information content (AvgIpc) is 3.05. The Hall–Kier alpha value is -4.51. The minimum atomic E-state index is -2.20. The number of hydrogen-bond donors (Lipinski definition) is 0. The van der Waals surface area contributed by atoms with E-state index in [1.807, 2.05) is 84.9 Å². The molecule has 0 atom stereocenters. The smallest absolute Gasteiger partial charge is 0.239 e.